The fourth-order valence-corrected chi connectivity index (χ4v) is 3.09. The van der Waals surface area contributed by atoms with Crippen LogP contribution in [0.15, 0.2) is 0 Å². The first-order chi connectivity index (χ1) is 12.3. The molecule has 0 radical (unpaired) electrons. The maximum atomic E-state index is 12.8. The Labute approximate surface area is 180 Å². The number of esters is 1. The average Bonchev–Trinajstić information content (AvgIpc) is 3.26. The number of likely N-dealkylation sites (tertiary alicyclic amines) is 1. The van der Waals surface area contributed by atoms with E-state index in [0.29, 0.717) is 25.8 Å². The van der Waals surface area contributed by atoms with Crippen molar-refractivity contribution in [2.75, 3.05) is 13.2 Å². The number of carbonyl (C=O) groups excluding carboxylic acids is 4. The number of aliphatic carboxylic acids is 1. The van der Waals surface area contributed by atoms with Crippen LogP contribution < -0.4 is 40.0 Å². The molecule has 0 aromatic carbocycles. The molecular formula is C17H25N2NaO7. The fraction of sp³-hybridized carbons (Fsp3) is 0.765. The molecule has 0 aromatic rings. The number of carboxylic acid groups (broad SMARTS) is 1. The van der Waals surface area contributed by atoms with Crippen LogP contribution in [0.2, 0.25) is 0 Å². The largest absolute Gasteiger partial charge is 1.00 e. The summed E-state index contributed by atoms with van der Waals surface area (Å²) in [5, 5.41) is 13.9. The van der Waals surface area contributed by atoms with Gasteiger partial charge in [0.05, 0.1) is 18.6 Å². The van der Waals surface area contributed by atoms with E-state index in [9.17, 15) is 24.3 Å². The second-order valence-electron chi connectivity index (χ2n) is 6.61. The average molecular weight is 392 g/mol. The SMILES string of the molecule is CCOC(=O)[C@H]1O[C@@H]1C(=O)N[C@H](C(=O)N1CCC[C@H]1C(=O)[O-])[C@@H](C)CC.[Na+]. The first kappa shape index (κ1) is 23.9. The number of nitrogens with one attached hydrogen (secondary N) is 1. The van der Waals surface area contributed by atoms with Crippen molar-refractivity contribution < 1.29 is 63.3 Å². The summed E-state index contributed by atoms with van der Waals surface area (Å²) < 4.78 is 9.85. The van der Waals surface area contributed by atoms with Gasteiger partial charge in [-0.2, -0.15) is 0 Å². The van der Waals surface area contributed by atoms with Crippen LogP contribution in [0.3, 0.4) is 0 Å². The van der Waals surface area contributed by atoms with Gasteiger partial charge in [0.15, 0.2) is 12.2 Å². The van der Waals surface area contributed by atoms with Crippen LogP contribution in [0, 0.1) is 5.92 Å². The fourth-order valence-electron chi connectivity index (χ4n) is 3.09. The summed E-state index contributed by atoms with van der Waals surface area (Å²) in [6, 6.07) is -1.87. The van der Waals surface area contributed by atoms with Crippen molar-refractivity contribution in [1.29, 1.82) is 0 Å². The van der Waals surface area contributed by atoms with Crippen molar-refractivity contribution in [3.63, 3.8) is 0 Å². The Morgan fingerprint density at radius 2 is 1.93 bits per heavy atom. The van der Waals surface area contributed by atoms with Crippen LogP contribution in [0.25, 0.3) is 0 Å². The Morgan fingerprint density at radius 1 is 1.26 bits per heavy atom. The Bertz CT molecular complexity index is 586. The van der Waals surface area contributed by atoms with Crippen molar-refractivity contribution in [3.8, 4) is 0 Å². The van der Waals surface area contributed by atoms with E-state index in [1.54, 1.807) is 13.8 Å². The molecule has 5 atom stereocenters. The molecule has 146 valence electrons. The molecule has 2 saturated heterocycles. The molecule has 9 nitrogen and oxygen atoms in total. The Balaban J connectivity index is 0.00000364. The number of hydrogen-bond acceptors (Lipinski definition) is 7. The zero-order valence-corrected chi connectivity index (χ0v) is 18.2. The third kappa shape index (κ3) is 5.66. The first-order valence-electron chi connectivity index (χ1n) is 8.95. The molecule has 0 aromatic heterocycles. The molecule has 0 saturated carbocycles. The van der Waals surface area contributed by atoms with E-state index in [1.807, 2.05) is 6.92 Å². The van der Waals surface area contributed by atoms with E-state index in [1.165, 1.54) is 4.90 Å². The topological polar surface area (TPSA) is 128 Å². The molecule has 1 N–H and O–H groups in total. The van der Waals surface area contributed by atoms with Gasteiger partial charge in [-0.25, -0.2) is 4.79 Å². The molecule has 2 heterocycles. The number of nitrogens with zero attached hydrogens (tertiary/aromatic N) is 1. The second-order valence-corrected chi connectivity index (χ2v) is 6.61. The minimum atomic E-state index is -1.29. The van der Waals surface area contributed by atoms with Crippen LogP contribution in [0.5, 0.6) is 0 Å². The Kier molecular flexibility index (Phi) is 9.20. The Hall–Kier alpha value is -1.16. The predicted molar refractivity (Wildman–Crippen MR) is 86.4 cm³/mol. The summed E-state index contributed by atoms with van der Waals surface area (Å²) in [5.74, 6) is -3.15. The smallest absolute Gasteiger partial charge is 0.548 e. The molecule has 2 aliphatic rings. The van der Waals surface area contributed by atoms with Gasteiger partial charge in [-0.1, -0.05) is 20.3 Å². The summed E-state index contributed by atoms with van der Waals surface area (Å²) >= 11 is 0. The number of rotatable bonds is 8. The van der Waals surface area contributed by atoms with Gasteiger partial charge in [0.2, 0.25) is 5.91 Å². The van der Waals surface area contributed by atoms with E-state index >= 15 is 0 Å². The molecule has 0 spiro atoms. The number of ether oxygens (including phenoxy) is 2. The summed E-state index contributed by atoms with van der Waals surface area (Å²) in [6.07, 6.45) is -0.420. The van der Waals surface area contributed by atoms with Crippen molar-refractivity contribution >= 4 is 23.8 Å². The zero-order valence-electron chi connectivity index (χ0n) is 16.2. The van der Waals surface area contributed by atoms with Gasteiger partial charge in [0.1, 0.15) is 6.04 Å². The number of epoxide rings is 1. The van der Waals surface area contributed by atoms with Gasteiger partial charge in [-0.15, -0.1) is 0 Å². The van der Waals surface area contributed by atoms with E-state index in [-0.39, 0.29) is 42.1 Å². The third-order valence-electron chi connectivity index (χ3n) is 4.85. The van der Waals surface area contributed by atoms with Gasteiger partial charge < -0.3 is 29.6 Å². The molecule has 2 amide bonds. The monoisotopic (exact) mass is 392 g/mol. The van der Waals surface area contributed by atoms with Crippen LogP contribution in [0.4, 0.5) is 0 Å². The quantitative estimate of drug-likeness (QED) is 0.251. The van der Waals surface area contributed by atoms with Crippen molar-refractivity contribution in [2.24, 2.45) is 5.92 Å². The normalized spacial score (nSPS) is 25.7. The summed E-state index contributed by atoms with van der Waals surface area (Å²) in [5.41, 5.74) is 0. The first-order valence-corrected chi connectivity index (χ1v) is 8.95. The van der Waals surface area contributed by atoms with Gasteiger partial charge >= 0.3 is 35.5 Å². The molecule has 10 heteroatoms. The molecule has 27 heavy (non-hydrogen) atoms. The minimum Gasteiger partial charge on any atom is -0.548 e. The molecule has 2 aliphatic heterocycles. The van der Waals surface area contributed by atoms with Crippen LogP contribution >= 0.6 is 0 Å². The molecule has 0 unspecified atom stereocenters. The maximum absolute atomic E-state index is 12.8. The zero-order chi connectivity index (χ0) is 19.4. The van der Waals surface area contributed by atoms with Crippen molar-refractivity contribution in [2.45, 2.75) is 64.3 Å². The van der Waals surface area contributed by atoms with Crippen LogP contribution in [0.1, 0.15) is 40.0 Å². The Morgan fingerprint density at radius 3 is 2.48 bits per heavy atom. The third-order valence-corrected chi connectivity index (χ3v) is 4.85. The van der Waals surface area contributed by atoms with E-state index in [0.717, 1.165) is 0 Å². The second kappa shape index (κ2) is 10.4. The number of carbonyl (C=O) groups is 4. The van der Waals surface area contributed by atoms with Gasteiger partial charge in [0, 0.05) is 6.54 Å². The van der Waals surface area contributed by atoms with Crippen LogP contribution in [-0.2, 0) is 28.7 Å². The standard InChI is InChI=1S/C17H26N2O7.Na/c1-4-9(3)11(15(21)19-8-6-7-10(19)16(22)23)18-14(20)12-13(26-12)17(24)25-5-2;/h9-13H,4-8H2,1-3H3,(H,18,20)(H,22,23);/q;+1/p-1/t9-,10-,11-,12-,13-;/m0./s1. The van der Waals surface area contributed by atoms with Crippen LogP contribution in [-0.4, -0.2) is 66.1 Å². The van der Waals surface area contributed by atoms with Crippen molar-refractivity contribution in [3.05, 3.63) is 0 Å². The molecule has 0 aliphatic carbocycles. The maximum Gasteiger partial charge on any atom is 1.00 e. The molecule has 2 fully saturated rings. The summed E-state index contributed by atoms with van der Waals surface area (Å²) in [7, 11) is 0. The predicted octanol–water partition coefficient (Wildman–Crippen LogP) is -4.41. The van der Waals surface area contributed by atoms with Crippen molar-refractivity contribution in [1.82, 2.24) is 10.2 Å². The van der Waals surface area contributed by atoms with Gasteiger partial charge in [-0.05, 0) is 25.7 Å². The van der Waals surface area contributed by atoms with E-state index < -0.39 is 48.0 Å². The summed E-state index contributed by atoms with van der Waals surface area (Å²) in [4.78, 5) is 49.3. The molecule has 0 bridgehead atoms. The minimum absolute atomic E-state index is 0. The van der Waals surface area contributed by atoms with Gasteiger partial charge in [-0.3, -0.25) is 9.59 Å². The summed E-state index contributed by atoms with van der Waals surface area (Å²) in [6.45, 7) is 5.80. The molecule has 2 rings (SSSR count). The van der Waals surface area contributed by atoms with E-state index in [2.05, 4.69) is 5.32 Å². The number of amides is 2. The van der Waals surface area contributed by atoms with E-state index in [4.69, 9.17) is 9.47 Å². The van der Waals surface area contributed by atoms with Gasteiger partial charge in [0.25, 0.3) is 5.91 Å². The number of hydrogen-bond donors (Lipinski definition) is 1. The number of carboxylic acids is 1. The molecular weight excluding hydrogens is 367 g/mol.